The lowest BCUT2D eigenvalue weighted by molar-refractivity contribution is -0.144. The Morgan fingerprint density at radius 1 is 1.18 bits per heavy atom. The molecule has 0 spiro atoms. The zero-order chi connectivity index (χ0) is 23.1. The number of carbonyl (C=O) groups excluding carboxylic acids is 1. The molecule has 2 saturated heterocycles. The second-order valence-electron chi connectivity index (χ2n) is 8.53. The van der Waals surface area contributed by atoms with Gasteiger partial charge in [-0.25, -0.2) is 9.37 Å². The van der Waals surface area contributed by atoms with Crippen molar-refractivity contribution in [1.82, 2.24) is 14.5 Å². The number of rotatable bonds is 4. The number of halogens is 1. The SMILES string of the molecule is COc1cc(/C=C2\O[C@H](C)[C@H]3CC[C@@H](c4ccc(F)cc4)N3C2=O)ccc1-n1ccnc1C. The molecule has 1 aromatic heterocycles. The van der Waals surface area contributed by atoms with Crippen molar-refractivity contribution in [3.8, 4) is 11.4 Å². The molecule has 0 bridgehead atoms. The average molecular weight is 448 g/mol. The van der Waals surface area contributed by atoms with Crippen LogP contribution in [0.3, 0.4) is 0 Å². The molecule has 0 saturated carbocycles. The number of nitrogens with zero attached hydrogens (tertiary/aromatic N) is 3. The Kier molecular flexibility index (Phi) is 5.40. The summed E-state index contributed by atoms with van der Waals surface area (Å²) < 4.78 is 27.1. The molecule has 0 N–H and O–H groups in total. The number of ether oxygens (including phenoxy) is 2. The second kappa shape index (κ2) is 8.39. The van der Waals surface area contributed by atoms with Crippen LogP contribution in [0.1, 0.15) is 42.8 Å². The van der Waals surface area contributed by atoms with Gasteiger partial charge >= 0.3 is 0 Å². The molecule has 0 unspecified atom stereocenters. The van der Waals surface area contributed by atoms with E-state index in [0.29, 0.717) is 11.5 Å². The number of carbonyl (C=O) groups is 1. The Bertz CT molecular complexity index is 1220. The maximum atomic E-state index is 13.5. The van der Waals surface area contributed by atoms with E-state index < -0.39 is 0 Å². The monoisotopic (exact) mass is 447 g/mol. The third kappa shape index (κ3) is 3.77. The number of hydrogen-bond acceptors (Lipinski definition) is 4. The van der Waals surface area contributed by atoms with Crippen molar-refractivity contribution in [2.24, 2.45) is 0 Å². The van der Waals surface area contributed by atoms with Crippen molar-refractivity contribution in [2.45, 2.75) is 44.9 Å². The molecule has 6 nitrogen and oxygen atoms in total. The lowest BCUT2D eigenvalue weighted by atomic mass is 10.0. The first-order valence-corrected chi connectivity index (χ1v) is 11.1. The number of aryl methyl sites for hydroxylation is 1. The molecule has 7 heteroatoms. The van der Waals surface area contributed by atoms with Crippen molar-refractivity contribution in [3.05, 3.63) is 83.4 Å². The third-order valence-electron chi connectivity index (χ3n) is 6.57. The standard InChI is InChI=1S/C26H26FN3O3/c1-16-21-10-11-22(19-5-7-20(27)8-6-19)30(21)26(31)25(33-16)15-18-4-9-23(24(14-18)32-3)29-13-12-28-17(29)2/h4-9,12-16,21-22H,10-11H2,1-3H3/b25-15-/t16-,21-,22+/m1/s1. The van der Waals surface area contributed by atoms with Gasteiger partial charge in [-0.3, -0.25) is 4.79 Å². The molecule has 33 heavy (non-hydrogen) atoms. The van der Waals surface area contributed by atoms with Gasteiger partial charge in [0, 0.05) is 12.4 Å². The van der Waals surface area contributed by atoms with Crippen LogP contribution in [0.4, 0.5) is 4.39 Å². The maximum absolute atomic E-state index is 13.5. The van der Waals surface area contributed by atoms with Gasteiger partial charge in [0.05, 0.1) is 24.9 Å². The molecule has 2 aliphatic heterocycles. The number of imidazole rings is 1. The second-order valence-corrected chi connectivity index (χ2v) is 8.53. The Labute approximate surface area is 192 Å². The van der Waals surface area contributed by atoms with E-state index in [2.05, 4.69) is 4.98 Å². The van der Waals surface area contributed by atoms with Crippen molar-refractivity contribution in [1.29, 1.82) is 0 Å². The van der Waals surface area contributed by atoms with Gasteiger partial charge in [-0.15, -0.1) is 0 Å². The molecular weight excluding hydrogens is 421 g/mol. The summed E-state index contributed by atoms with van der Waals surface area (Å²) in [4.78, 5) is 19.7. The molecule has 0 aliphatic carbocycles. The summed E-state index contributed by atoms with van der Waals surface area (Å²) in [6.07, 6.45) is 6.94. The Morgan fingerprint density at radius 2 is 1.97 bits per heavy atom. The summed E-state index contributed by atoms with van der Waals surface area (Å²) in [5.74, 6) is 1.41. The summed E-state index contributed by atoms with van der Waals surface area (Å²) >= 11 is 0. The first-order chi connectivity index (χ1) is 16.0. The lowest BCUT2D eigenvalue weighted by Gasteiger charge is -2.39. The predicted molar refractivity (Wildman–Crippen MR) is 122 cm³/mol. The summed E-state index contributed by atoms with van der Waals surface area (Å²) in [6, 6.07) is 12.1. The zero-order valence-corrected chi connectivity index (χ0v) is 18.9. The fraction of sp³-hybridized carbons (Fsp3) is 0.308. The molecule has 2 aliphatic rings. The van der Waals surface area contributed by atoms with Crippen LogP contribution in [0.15, 0.2) is 60.6 Å². The van der Waals surface area contributed by atoms with E-state index in [1.165, 1.54) is 12.1 Å². The van der Waals surface area contributed by atoms with E-state index >= 15 is 0 Å². The summed E-state index contributed by atoms with van der Waals surface area (Å²) in [6.45, 7) is 3.92. The van der Waals surface area contributed by atoms with Gasteiger partial charge in [0.25, 0.3) is 5.91 Å². The van der Waals surface area contributed by atoms with Crippen LogP contribution in [0.25, 0.3) is 11.8 Å². The number of hydrogen-bond donors (Lipinski definition) is 0. The van der Waals surface area contributed by atoms with E-state index in [0.717, 1.165) is 35.5 Å². The van der Waals surface area contributed by atoms with Crippen LogP contribution in [0, 0.1) is 12.7 Å². The molecule has 2 aromatic carbocycles. The molecule has 0 radical (unpaired) electrons. The van der Waals surface area contributed by atoms with Gasteiger partial charge in [-0.1, -0.05) is 18.2 Å². The van der Waals surface area contributed by atoms with Gasteiger partial charge in [-0.2, -0.15) is 0 Å². The highest BCUT2D eigenvalue weighted by Gasteiger charge is 2.46. The first kappa shape index (κ1) is 21.2. The molecule has 3 aromatic rings. The van der Waals surface area contributed by atoms with Crippen LogP contribution >= 0.6 is 0 Å². The minimum absolute atomic E-state index is 0.00540. The highest BCUT2D eigenvalue weighted by Crippen LogP contribution is 2.42. The van der Waals surface area contributed by atoms with Crippen molar-refractivity contribution in [2.75, 3.05) is 7.11 Å². The van der Waals surface area contributed by atoms with E-state index in [1.54, 1.807) is 31.5 Å². The van der Waals surface area contributed by atoms with Gasteiger partial charge in [-0.05, 0) is 68.2 Å². The van der Waals surface area contributed by atoms with E-state index in [4.69, 9.17) is 9.47 Å². The van der Waals surface area contributed by atoms with Gasteiger partial charge in [0.15, 0.2) is 5.76 Å². The molecule has 1 amide bonds. The number of fused-ring (bicyclic) bond motifs is 1. The number of amides is 1. The minimum Gasteiger partial charge on any atom is -0.495 e. The highest BCUT2D eigenvalue weighted by molar-refractivity contribution is 5.97. The fourth-order valence-corrected chi connectivity index (χ4v) is 4.92. The quantitative estimate of drug-likeness (QED) is 0.538. The van der Waals surface area contributed by atoms with Gasteiger partial charge < -0.3 is 18.9 Å². The molecule has 3 heterocycles. The average Bonchev–Trinajstić information content (AvgIpc) is 3.45. The van der Waals surface area contributed by atoms with Crippen LogP contribution in [-0.2, 0) is 9.53 Å². The zero-order valence-electron chi connectivity index (χ0n) is 18.9. The summed E-state index contributed by atoms with van der Waals surface area (Å²) in [5.41, 5.74) is 2.62. The largest absolute Gasteiger partial charge is 0.495 e. The molecule has 170 valence electrons. The Morgan fingerprint density at radius 3 is 2.67 bits per heavy atom. The minimum atomic E-state index is -0.279. The molecular formula is C26H26FN3O3. The maximum Gasteiger partial charge on any atom is 0.289 e. The Balaban J connectivity index is 1.47. The van der Waals surface area contributed by atoms with Crippen molar-refractivity contribution >= 4 is 12.0 Å². The molecule has 3 atom stereocenters. The van der Waals surface area contributed by atoms with Crippen molar-refractivity contribution < 1.29 is 18.7 Å². The number of benzene rings is 2. The van der Waals surface area contributed by atoms with Gasteiger partial charge in [0.2, 0.25) is 0 Å². The number of morpholine rings is 1. The van der Waals surface area contributed by atoms with Crippen molar-refractivity contribution in [3.63, 3.8) is 0 Å². The molecule has 5 rings (SSSR count). The van der Waals surface area contributed by atoms with Crippen LogP contribution < -0.4 is 4.74 Å². The normalized spacial score (nSPS) is 23.5. The highest BCUT2D eigenvalue weighted by atomic mass is 19.1. The Hall–Kier alpha value is -3.61. The summed E-state index contributed by atoms with van der Waals surface area (Å²) in [5, 5.41) is 0. The first-order valence-electron chi connectivity index (χ1n) is 11.1. The fourth-order valence-electron chi connectivity index (χ4n) is 4.92. The smallest absolute Gasteiger partial charge is 0.289 e. The third-order valence-corrected chi connectivity index (χ3v) is 6.57. The van der Waals surface area contributed by atoms with Crippen LogP contribution in [0.2, 0.25) is 0 Å². The van der Waals surface area contributed by atoms with Gasteiger partial charge in [0.1, 0.15) is 23.5 Å². The number of aromatic nitrogens is 2. The van der Waals surface area contributed by atoms with E-state index in [-0.39, 0.29) is 29.9 Å². The topological polar surface area (TPSA) is 56.6 Å². The van der Waals surface area contributed by atoms with E-state index in [1.807, 2.05) is 47.7 Å². The lowest BCUT2D eigenvalue weighted by Crippen LogP contribution is -2.49. The number of methoxy groups -OCH3 is 1. The molecule has 2 fully saturated rings. The predicted octanol–water partition coefficient (Wildman–Crippen LogP) is 4.82. The summed E-state index contributed by atoms with van der Waals surface area (Å²) in [7, 11) is 1.62. The van der Waals surface area contributed by atoms with Crippen LogP contribution in [-0.4, -0.2) is 39.6 Å². The van der Waals surface area contributed by atoms with Crippen LogP contribution in [0.5, 0.6) is 5.75 Å². The van der Waals surface area contributed by atoms with E-state index in [9.17, 15) is 9.18 Å².